The highest BCUT2D eigenvalue weighted by molar-refractivity contribution is 5.61. The third kappa shape index (κ3) is 5.94. The third-order valence-corrected chi connectivity index (χ3v) is 5.79. The van der Waals surface area contributed by atoms with Crippen molar-refractivity contribution in [2.75, 3.05) is 0 Å². The Morgan fingerprint density at radius 1 is 0.862 bits per heavy atom. The summed E-state index contributed by atoms with van der Waals surface area (Å²) >= 11 is 0. The molecule has 0 spiro atoms. The molecule has 0 N–H and O–H groups in total. The van der Waals surface area contributed by atoms with Gasteiger partial charge in [0.15, 0.2) is 5.83 Å². The molecule has 1 saturated carbocycles. The van der Waals surface area contributed by atoms with Gasteiger partial charge in [0, 0.05) is 24.8 Å². The van der Waals surface area contributed by atoms with Crippen LogP contribution in [0, 0.1) is 0 Å². The molecule has 29 heavy (non-hydrogen) atoms. The molecule has 0 aromatic heterocycles. The van der Waals surface area contributed by atoms with Crippen LogP contribution >= 0.6 is 0 Å². The van der Waals surface area contributed by atoms with Crippen molar-refractivity contribution in [1.29, 1.82) is 0 Å². The summed E-state index contributed by atoms with van der Waals surface area (Å²) in [6.07, 6.45) is 3.38. The molecular weight excluding hydrogens is 376 g/mol. The summed E-state index contributed by atoms with van der Waals surface area (Å²) in [4.78, 5) is 0. The van der Waals surface area contributed by atoms with Crippen molar-refractivity contribution in [3.8, 4) is 0 Å². The Balaban J connectivity index is 1.54. The molecule has 1 fully saturated rings. The second-order valence-corrected chi connectivity index (χ2v) is 8.04. The largest absolute Gasteiger partial charge is 0.248 e. The van der Waals surface area contributed by atoms with E-state index in [1.54, 1.807) is 12.1 Å². The number of hydrogen-bond acceptors (Lipinski definition) is 0. The molecule has 1 aliphatic rings. The molecule has 3 rings (SSSR count). The zero-order valence-electron chi connectivity index (χ0n) is 16.9. The van der Waals surface area contributed by atoms with Crippen LogP contribution in [0.1, 0.15) is 73.6 Å². The highest BCUT2D eigenvalue weighted by Crippen LogP contribution is 2.40. The van der Waals surface area contributed by atoms with Gasteiger partial charge >= 0.3 is 0 Å². The maximum Gasteiger partial charge on any atom is 0.248 e. The van der Waals surface area contributed by atoms with Gasteiger partial charge in [-0.3, -0.25) is 0 Å². The standard InChI is InChI=1S/C25H28F4/c1-2-3-23(26)24(27)22-12-8-19(9-13-22)5-4-18-6-10-20(11-7-18)21-14-16-25(28,29)17-15-21/h6-13,21H,2-5,14-17H2,1H3. The third-order valence-electron chi connectivity index (χ3n) is 5.79. The van der Waals surface area contributed by atoms with Gasteiger partial charge in [0.05, 0.1) is 0 Å². The Morgan fingerprint density at radius 2 is 1.38 bits per heavy atom. The molecular formula is C25H28F4. The molecule has 0 aliphatic heterocycles. The first-order valence-corrected chi connectivity index (χ1v) is 10.5. The van der Waals surface area contributed by atoms with Gasteiger partial charge in [-0.1, -0.05) is 55.5 Å². The fraction of sp³-hybridized carbons (Fsp3) is 0.440. The van der Waals surface area contributed by atoms with Crippen LogP contribution in [0.4, 0.5) is 17.6 Å². The first-order valence-electron chi connectivity index (χ1n) is 10.5. The maximum absolute atomic E-state index is 14.0. The van der Waals surface area contributed by atoms with E-state index in [1.807, 2.05) is 19.1 Å². The number of aryl methyl sites for hydroxylation is 2. The number of hydrogen-bond donors (Lipinski definition) is 0. The lowest BCUT2D eigenvalue weighted by Crippen LogP contribution is -2.23. The topological polar surface area (TPSA) is 0 Å². The number of allylic oxidation sites excluding steroid dienone is 1. The van der Waals surface area contributed by atoms with Crippen LogP contribution in [0.2, 0.25) is 0 Å². The quantitative estimate of drug-likeness (QED) is 0.408. The fourth-order valence-electron chi connectivity index (χ4n) is 3.92. The Morgan fingerprint density at radius 3 is 1.90 bits per heavy atom. The predicted molar refractivity (Wildman–Crippen MR) is 110 cm³/mol. The molecule has 0 heterocycles. The SMILES string of the molecule is CCCC(F)=C(F)c1ccc(CCc2ccc(C3CCC(F)(F)CC3)cc2)cc1. The van der Waals surface area contributed by atoms with E-state index in [4.69, 9.17) is 0 Å². The number of benzene rings is 2. The van der Waals surface area contributed by atoms with Crippen molar-refractivity contribution in [2.24, 2.45) is 0 Å². The van der Waals surface area contributed by atoms with E-state index in [-0.39, 0.29) is 30.7 Å². The van der Waals surface area contributed by atoms with Crippen molar-refractivity contribution in [3.05, 3.63) is 76.6 Å². The van der Waals surface area contributed by atoms with Crippen LogP contribution in [-0.4, -0.2) is 5.92 Å². The van der Waals surface area contributed by atoms with Gasteiger partial charge in [0.25, 0.3) is 0 Å². The summed E-state index contributed by atoms with van der Waals surface area (Å²) in [5, 5.41) is 0. The maximum atomic E-state index is 14.0. The lowest BCUT2D eigenvalue weighted by molar-refractivity contribution is -0.0382. The molecule has 0 unspecified atom stereocenters. The van der Waals surface area contributed by atoms with Crippen molar-refractivity contribution >= 4 is 5.83 Å². The average Bonchev–Trinajstić information content (AvgIpc) is 2.73. The van der Waals surface area contributed by atoms with Gasteiger partial charge in [-0.2, -0.15) is 0 Å². The van der Waals surface area contributed by atoms with Gasteiger partial charge < -0.3 is 0 Å². The molecule has 4 heteroatoms. The second kappa shape index (κ2) is 9.60. The van der Waals surface area contributed by atoms with E-state index < -0.39 is 17.6 Å². The van der Waals surface area contributed by atoms with Crippen LogP contribution in [0.5, 0.6) is 0 Å². The Kier molecular flexibility index (Phi) is 7.15. The molecule has 2 aromatic carbocycles. The van der Waals surface area contributed by atoms with Crippen molar-refractivity contribution in [3.63, 3.8) is 0 Å². The van der Waals surface area contributed by atoms with Crippen LogP contribution in [0.15, 0.2) is 54.4 Å². The lowest BCUT2D eigenvalue weighted by Gasteiger charge is -2.28. The summed E-state index contributed by atoms with van der Waals surface area (Å²) in [6, 6.07) is 15.2. The smallest absolute Gasteiger partial charge is 0.209 e. The van der Waals surface area contributed by atoms with Crippen molar-refractivity contribution in [2.45, 2.75) is 70.1 Å². The van der Waals surface area contributed by atoms with E-state index in [0.717, 1.165) is 24.0 Å². The first-order chi connectivity index (χ1) is 13.9. The highest BCUT2D eigenvalue weighted by Gasteiger charge is 2.35. The van der Waals surface area contributed by atoms with E-state index >= 15 is 0 Å². The molecule has 0 bridgehead atoms. The normalized spacial score (nSPS) is 17.8. The summed E-state index contributed by atoms with van der Waals surface area (Å²) in [6.45, 7) is 1.82. The van der Waals surface area contributed by atoms with Gasteiger partial charge in [-0.05, 0) is 54.7 Å². The average molecular weight is 404 g/mol. The Bertz CT molecular complexity index is 809. The molecule has 1 aliphatic carbocycles. The number of rotatable bonds is 7. The zero-order chi connectivity index (χ0) is 20.9. The molecule has 0 nitrogen and oxygen atoms in total. The van der Waals surface area contributed by atoms with Crippen LogP contribution in [0.25, 0.3) is 5.83 Å². The fourth-order valence-corrected chi connectivity index (χ4v) is 3.92. The van der Waals surface area contributed by atoms with Gasteiger partial charge in [0.2, 0.25) is 5.92 Å². The first kappa shape index (κ1) is 21.6. The minimum absolute atomic E-state index is 0.0203. The molecule has 0 saturated heterocycles. The van der Waals surface area contributed by atoms with Gasteiger partial charge in [0.1, 0.15) is 5.83 Å². The Labute approximate surface area is 170 Å². The van der Waals surface area contributed by atoms with Crippen LogP contribution < -0.4 is 0 Å². The predicted octanol–water partition coefficient (Wildman–Crippen LogP) is 8.17. The summed E-state index contributed by atoms with van der Waals surface area (Å²) < 4.78 is 54.3. The molecule has 0 amide bonds. The molecule has 2 aromatic rings. The minimum atomic E-state index is -2.49. The van der Waals surface area contributed by atoms with E-state index in [2.05, 4.69) is 24.3 Å². The minimum Gasteiger partial charge on any atom is -0.209 e. The summed E-state index contributed by atoms with van der Waals surface area (Å²) in [7, 11) is 0. The van der Waals surface area contributed by atoms with E-state index in [0.29, 0.717) is 19.3 Å². The number of alkyl halides is 2. The molecule has 0 radical (unpaired) electrons. The van der Waals surface area contributed by atoms with Crippen molar-refractivity contribution < 1.29 is 17.6 Å². The monoisotopic (exact) mass is 404 g/mol. The van der Waals surface area contributed by atoms with E-state index in [1.165, 1.54) is 5.56 Å². The second-order valence-electron chi connectivity index (χ2n) is 8.04. The van der Waals surface area contributed by atoms with Crippen molar-refractivity contribution in [1.82, 2.24) is 0 Å². The van der Waals surface area contributed by atoms with Gasteiger partial charge in [-0.25, -0.2) is 17.6 Å². The van der Waals surface area contributed by atoms with Crippen LogP contribution in [-0.2, 0) is 12.8 Å². The molecule has 156 valence electrons. The summed E-state index contributed by atoms with van der Waals surface area (Å²) in [5.41, 5.74) is 3.67. The Hall–Kier alpha value is -2.10. The van der Waals surface area contributed by atoms with E-state index in [9.17, 15) is 17.6 Å². The van der Waals surface area contributed by atoms with Gasteiger partial charge in [-0.15, -0.1) is 0 Å². The zero-order valence-corrected chi connectivity index (χ0v) is 16.9. The lowest BCUT2D eigenvalue weighted by atomic mass is 9.82. The summed E-state index contributed by atoms with van der Waals surface area (Å²) in [5.74, 6) is -3.73. The highest BCUT2D eigenvalue weighted by atomic mass is 19.3. The van der Waals surface area contributed by atoms with Crippen LogP contribution in [0.3, 0.4) is 0 Å². The molecule has 0 atom stereocenters. The number of halogens is 4.